The van der Waals surface area contributed by atoms with Gasteiger partial charge in [-0.15, -0.1) is 0 Å². The van der Waals surface area contributed by atoms with Crippen molar-refractivity contribution in [3.05, 3.63) is 65.2 Å². The largest absolute Gasteiger partial charge is 0.497 e. The first-order valence-corrected chi connectivity index (χ1v) is 9.74. The maximum absolute atomic E-state index is 12.3. The van der Waals surface area contributed by atoms with Gasteiger partial charge in [0, 0.05) is 37.8 Å². The maximum atomic E-state index is 12.3. The van der Waals surface area contributed by atoms with Crippen LogP contribution in [0.5, 0.6) is 11.5 Å². The van der Waals surface area contributed by atoms with Crippen LogP contribution in [0.1, 0.15) is 16.7 Å². The van der Waals surface area contributed by atoms with Gasteiger partial charge in [0.1, 0.15) is 11.5 Å². The van der Waals surface area contributed by atoms with Crippen molar-refractivity contribution in [3.8, 4) is 11.5 Å². The molecule has 0 radical (unpaired) electrons. The fourth-order valence-electron chi connectivity index (χ4n) is 3.26. The number of benzene rings is 2. The van der Waals surface area contributed by atoms with Gasteiger partial charge >= 0.3 is 0 Å². The van der Waals surface area contributed by atoms with E-state index in [-0.39, 0.29) is 5.91 Å². The summed E-state index contributed by atoms with van der Waals surface area (Å²) in [6.45, 7) is 4.78. The molecule has 1 N–H and O–H groups in total. The molecule has 0 spiro atoms. The van der Waals surface area contributed by atoms with E-state index in [1.54, 1.807) is 20.3 Å². The molecule has 2 aromatic rings. The molecule has 1 aliphatic rings. The van der Waals surface area contributed by atoms with Crippen LogP contribution in [0.25, 0.3) is 6.08 Å². The quantitative estimate of drug-likeness (QED) is 0.696. The van der Waals surface area contributed by atoms with Crippen LogP contribution in [0.2, 0.25) is 0 Å². The number of nitrogens with one attached hydrogen (secondary N) is 1. The number of carbonyl (C=O) groups excluding carboxylic acids is 1. The number of carbonyl (C=O) groups is 1. The van der Waals surface area contributed by atoms with E-state index in [4.69, 9.17) is 14.2 Å². The van der Waals surface area contributed by atoms with E-state index in [1.807, 2.05) is 30.3 Å². The van der Waals surface area contributed by atoms with Crippen molar-refractivity contribution in [3.63, 3.8) is 0 Å². The highest BCUT2D eigenvalue weighted by Gasteiger charge is 2.12. The van der Waals surface area contributed by atoms with Crippen molar-refractivity contribution in [1.29, 1.82) is 0 Å². The summed E-state index contributed by atoms with van der Waals surface area (Å²) in [4.78, 5) is 14.7. The summed E-state index contributed by atoms with van der Waals surface area (Å²) in [5.41, 5.74) is 3.14. The van der Waals surface area contributed by atoms with Crippen LogP contribution in [0.3, 0.4) is 0 Å². The van der Waals surface area contributed by atoms with Gasteiger partial charge in [0.05, 0.1) is 27.4 Å². The highest BCUT2D eigenvalue weighted by molar-refractivity contribution is 5.92. The Morgan fingerprint density at radius 3 is 2.59 bits per heavy atom. The second-order valence-electron chi connectivity index (χ2n) is 6.82. The predicted molar refractivity (Wildman–Crippen MR) is 113 cm³/mol. The topological polar surface area (TPSA) is 60.0 Å². The predicted octanol–water partition coefficient (Wildman–Crippen LogP) is 2.87. The number of hydrogen-bond donors (Lipinski definition) is 1. The molecule has 1 amide bonds. The number of amides is 1. The minimum atomic E-state index is -0.156. The Bertz CT molecular complexity index is 845. The highest BCUT2D eigenvalue weighted by Crippen LogP contribution is 2.25. The van der Waals surface area contributed by atoms with Gasteiger partial charge in [-0.3, -0.25) is 9.69 Å². The zero-order valence-corrected chi connectivity index (χ0v) is 17.0. The maximum Gasteiger partial charge on any atom is 0.244 e. The van der Waals surface area contributed by atoms with Gasteiger partial charge in [-0.1, -0.05) is 24.3 Å². The van der Waals surface area contributed by atoms with Crippen LogP contribution in [0.4, 0.5) is 0 Å². The van der Waals surface area contributed by atoms with Gasteiger partial charge in [0.2, 0.25) is 5.91 Å². The molecule has 1 aliphatic heterocycles. The molecule has 29 heavy (non-hydrogen) atoms. The minimum Gasteiger partial charge on any atom is -0.497 e. The van der Waals surface area contributed by atoms with E-state index < -0.39 is 0 Å². The van der Waals surface area contributed by atoms with Crippen molar-refractivity contribution < 1.29 is 19.0 Å². The molecule has 154 valence electrons. The minimum absolute atomic E-state index is 0.156. The lowest BCUT2D eigenvalue weighted by molar-refractivity contribution is -0.116. The van der Waals surface area contributed by atoms with Gasteiger partial charge in [-0.05, 0) is 35.4 Å². The van der Waals surface area contributed by atoms with Crippen molar-refractivity contribution in [2.24, 2.45) is 0 Å². The molecular weight excluding hydrogens is 368 g/mol. The summed E-state index contributed by atoms with van der Waals surface area (Å²) in [6, 6.07) is 13.7. The van der Waals surface area contributed by atoms with E-state index in [0.29, 0.717) is 18.0 Å². The summed E-state index contributed by atoms with van der Waals surface area (Å²) in [5, 5.41) is 2.97. The Labute approximate surface area is 172 Å². The van der Waals surface area contributed by atoms with Crippen LogP contribution in [-0.4, -0.2) is 51.3 Å². The summed E-state index contributed by atoms with van der Waals surface area (Å²) in [7, 11) is 3.21. The van der Waals surface area contributed by atoms with Gasteiger partial charge in [-0.25, -0.2) is 0 Å². The molecule has 2 aromatic carbocycles. The van der Waals surface area contributed by atoms with Crippen molar-refractivity contribution in [2.75, 3.05) is 40.5 Å². The zero-order chi connectivity index (χ0) is 20.5. The lowest BCUT2D eigenvalue weighted by atomic mass is 10.1. The van der Waals surface area contributed by atoms with Gasteiger partial charge in [0.25, 0.3) is 0 Å². The van der Waals surface area contributed by atoms with E-state index in [0.717, 1.165) is 44.0 Å². The molecular formula is C23H28N2O4. The van der Waals surface area contributed by atoms with Crippen LogP contribution < -0.4 is 14.8 Å². The van der Waals surface area contributed by atoms with Gasteiger partial charge < -0.3 is 19.5 Å². The van der Waals surface area contributed by atoms with E-state index in [9.17, 15) is 4.79 Å². The Morgan fingerprint density at radius 1 is 1.10 bits per heavy atom. The fourth-order valence-corrected chi connectivity index (χ4v) is 3.26. The van der Waals surface area contributed by atoms with Crippen molar-refractivity contribution in [2.45, 2.75) is 13.1 Å². The third-order valence-corrected chi connectivity index (χ3v) is 4.92. The van der Waals surface area contributed by atoms with Gasteiger partial charge in [-0.2, -0.15) is 0 Å². The van der Waals surface area contributed by atoms with E-state index >= 15 is 0 Å². The SMILES string of the molecule is COc1ccc(OC)c(/C=C/C(=O)NCc2ccccc2CN2CCOCC2)c1. The number of hydrogen-bond acceptors (Lipinski definition) is 5. The van der Waals surface area contributed by atoms with E-state index in [2.05, 4.69) is 22.3 Å². The monoisotopic (exact) mass is 396 g/mol. The summed E-state index contributed by atoms with van der Waals surface area (Å²) < 4.78 is 16.0. The molecule has 0 unspecified atom stereocenters. The molecule has 1 saturated heterocycles. The number of morpholine rings is 1. The van der Waals surface area contributed by atoms with Gasteiger partial charge in [0.15, 0.2) is 0 Å². The van der Waals surface area contributed by atoms with E-state index in [1.165, 1.54) is 11.6 Å². The zero-order valence-electron chi connectivity index (χ0n) is 17.0. The number of methoxy groups -OCH3 is 2. The lowest BCUT2D eigenvalue weighted by Crippen LogP contribution is -2.36. The molecule has 3 rings (SSSR count). The van der Waals surface area contributed by atoms with Crippen molar-refractivity contribution in [1.82, 2.24) is 10.2 Å². The molecule has 1 fully saturated rings. The molecule has 6 heteroatoms. The fraction of sp³-hybridized carbons (Fsp3) is 0.348. The van der Waals surface area contributed by atoms with Crippen LogP contribution >= 0.6 is 0 Å². The molecule has 0 saturated carbocycles. The smallest absolute Gasteiger partial charge is 0.244 e. The molecule has 1 heterocycles. The summed E-state index contributed by atoms with van der Waals surface area (Å²) >= 11 is 0. The average Bonchev–Trinajstić information content (AvgIpc) is 2.77. The molecule has 0 bridgehead atoms. The van der Waals surface area contributed by atoms with Crippen LogP contribution in [-0.2, 0) is 22.6 Å². The van der Waals surface area contributed by atoms with Crippen molar-refractivity contribution >= 4 is 12.0 Å². The van der Waals surface area contributed by atoms with Crippen LogP contribution in [0, 0.1) is 0 Å². The Kier molecular flexibility index (Phi) is 7.67. The highest BCUT2D eigenvalue weighted by atomic mass is 16.5. The summed E-state index contributed by atoms with van der Waals surface area (Å²) in [5.74, 6) is 1.24. The Hall–Kier alpha value is -2.83. The number of ether oxygens (including phenoxy) is 3. The first kappa shape index (κ1) is 20.9. The second kappa shape index (κ2) is 10.6. The van der Waals surface area contributed by atoms with Crippen LogP contribution in [0.15, 0.2) is 48.5 Å². The Balaban J connectivity index is 1.60. The lowest BCUT2D eigenvalue weighted by Gasteiger charge is -2.27. The third-order valence-electron chi connectivity index (χ3n) is 4.92. The summed E-state index contributed by atoms with van der Waals surface area (Å²) in [6.07, 6.45) is 3.25. The first-order valence-electron chi connectivity index (χ1n) is 9.74. The first-order chi connectivity index (χ1) is 14.2. The average molecular weight is 396 g/mol. The Morgan fingerprint density at radius 2 is 1.86 bits per heavy atom. The molecule has 0 atom stereocenters. The number of rotatable bonds is 8. The molecule has 6 nitrogen and oxygen atoms in total. The third kappa shape index (κ3) is 6.07. The standard InChI is InChI=1S/C23H28N2O4/c1-27-21-8-9-22(28-2)18(15-21)7-10-23(26)24-16-19-5-3-4-6-20(19)17-25-11-13-29-14-12-25/h3-10,15H,11-14,16-17H2,1-2H3,(H,24,26)/b10-7+. The molecule has 0 aliphatic carbocycles. The number of nitrogens with zero attached hydrogens (tertiary/aromatic N) is 1. The second-order valence-corrected chi connectivity index (χ2v) is 6.82. The normalized spacial score (nSPS) is 14.7. The molecule has 0 aromatic heterocycles.